The van der Waals surface area contributed by atoms with Gasteiger partial charge in [0.25, 0.3) is 5.91 Å². The number of hydrogen-bond donors (Lipinski definition) is 1. The summed E-state index contributed by atoms with van der Waals surface area (Å²) < 4.78 is 0. The number of hydrogen-bond acceptors (Lipinski definition) is 4. The van der Waals surface area contributed by atoms with Crippen LogP contribution in [-0.4, -0.2) is 29.5 Å². The van der Waals surface area contributed by atoms with Crippen molar-refractivity contribution in [3.63, 3.8) is 0 Å². The van der Waals surface area contributed by atoms with Crippen molar-refractivity contribution in [3.8, 4) is 0 Å². The topological polar surface area (TPSA) is 58.1 Å². The van der Waals surface area contributed by atoms with E-state index in [1.165, 1.54) is 11.1 Å². The Morgan fingerprint density at radius 1 is 1.00 bits per heavy atom. The Bertz CT molecular complexity index is 878. The van der Waals surface area contributed by atoms with Gasteiger partial charge in [0.2, 0.25) is 0 Å². The molecule has 1 N–H and O–H groups in total. The monoisotopic (exact) mass is 360 g/mol. The minimum absolute atomic E-state index is 0.205. The van der Waals surface area contributed by atoms with E-state index in [4.69, 9.17) is 0 Å². The molecular formula is C22H24N4O. The van der Waals surface area contributed by atoms with Gasteiger partial charge < -0.3 is 10.2 Å². The van der Waals surface area contributed by atoms with Crippen LogP contribution in [0.2, 0.25) is 0 Å². The molecule has 0 aliphatic heterocycles. The molecule has 0 aliphatic carbocycles. The molecule has 3 rings (SSSR count). The number of aryl methyl sites for hydroxylation is 1. The van der Waals surface area contributed by atoms with Crippen molar-refractivity contribution in [3.05, 3.63) is 83.9 Å². The first kappa shape index (κ1) is 18.6. The summed E-state index contributed by atoms with van der Waals surface area (Å²) in [6, 6.07) is 15.6. The van der Waals surface area contributed by atoms with E-state index in [2.05, 4.69) is 27.1 Å². The molecule has 138 valence electrons. The third kappa shape index (κ3) is 5.14. The summed E-state index contributed by atoms with van der Waals surface area (Å²) in [4.78, 5) is 22.9. The second kappa shape index (κ2) is 8.94. The molecular weight excluding hydrogens is 336 g/mol. The Kier molecular flexibility index (Phi) is 6.15. The molecule has 0 fully saturated rings. The molecule has 0 saturated heterocycles. The highest BCUT2D eigenvalue weighted by molar-refractivity contribution is 6.03. The van der Waals surface area contributed by atoms with E-state index in [9.17, 15) is 4.79 Å². The van der Waals surface area contributed by atoms with Crippen LogP contribution < -0.4 is 10.2 Å². The van der Waals surface area contributed by atoms with E-state index in [0.717, 1.165) is 30.8 Å². The molecule has 1 amide bonds. The lowest BCUT2D eigenvalue weighted by Crippen LogP contribution is -2.21. The van der Waals surface area contributed by atoms with E-state index in [1.54, 1.807) is 18.6 Å². The Morgan fingerprint density at radius 3 is 2.44 bits per heavy atom. The van der Waals surface area contributed by atoms with Crippen LogP contribution >= 0.6 is 0 Å². The van der Waals surface area contributed by atoms with Gasteiger partial charge in [0, 0.05) is 43.6 Å². The van der Waals surface area contributed by atoms with E-state index in [1.807, 2.05) is 55.6 Å². The van der Waals surface area contributed by atoms with E-state index in [0.29, 0.717) is 5.69 Å². The number of nitrogens with zero attached hydrogens (tertiary/aromatic N) is 3. The third-order valence-electron chi connectivity index (χ3n) is 4.52. The van der Waals surface area contributed by atoms with Gasteiger partial charge in [0.1, 0.15) is 5.69 Å². The summed E-state index contributed by atoms with van der Waals surface area (Å²) in [6.45, 7) is 2.95. The standard InChI is InChI=1S/C22H24N4O/c1-3-17-4-6-19(7-5-17)25-22(27)21-16-20(10-14-24-21)26(2)15-11-18-8-12-23-13-9-18/h4-10,12-14,16H,3,11,15H2,1-2H3,(H,25,27). The first-order chi connectivity index (χ1) is 13.2. The summed E-state index contributed by atoms with van der Waals surface area (Å²) in [5.74, 6) is -0.205. The maximum Gasteiger partial charge on any atom is 0.274 e. The van der Waals surface area contributed by atoms with Gasteiger partial charge in [-0.1, -0.05) is 19.1 Å². The zero-order valence-corrected chi connectivity index (χ0v) is 15.7. The number of likely N-dealkylation sites (N-methyl/N-ethyl adjacent to an activating group) is 1. The number of anilines is 2. The molecule has 5 nitrogen and oxygen atoms in total. The van der Waals surface area contributed by atoms with Crippen LogP contribution in [-0.2, 0) is 12.8 Å². The molecule has 3 aromatic rings. The zero-order valence-electron chi connectivity index (χ0n) is 15.7. The van der Waals surface area contributed by atoms with E-state index >= 15 is 0 Å². The molecule has 1 aromatic carbocycles. The second-order valence-electron chi connectivity index (χ2n) is 6.43. The lowest BCUT2D eigenvalue weighted by atomic mass is 10.1. The van der Waals surface area contributed by atoms with Crippen LogP contribution in [0.5, 0.6) is 0 Å². The minimum atomic E-state index is -0.205. The van der Waals surface area contributed by atoms with Crippen molar-refractivity contribution in [2.24, 2.45) is 0 Å². The molecule has 2 heterocycles. The van der Waals surface area contributed by atoms with Crippen LogP contribution in [0.1, 0.15) is 28.5 Å². The van der Waals surface area contributed by atoms with Gasteiger partial charge in [-0.15, -0.1) is 0 Å². The Morgan fingerprint density at radius 2 is 1.74 bits per heavy atom. The number of carbonyl (C=O) groups excluding carboxylic acids is 1. The van der Waals surface area contributed by atoms with Gasteiger partial charge in [0.05, 0.1) is 0 Å². The number of benzene rings is 1. The molecule has 0 atom stereocenters. The normalized spacial score (nSPS) is 10.4. The average Bonchev–Trinajstić information content (AvgIpc) is 2.73. The summed E-state index contributed by atoms with van der Waals surface area (Å²) in [5.41, 5.74) is 4.62. The molecule has 5 heteroatoms. The maximum absolute atomic E-state index is 12.5. The first-order valence-electron chi connectivity index (χ1n) is 9.12. The van der Waals surface area contributed by atoms with Gasteiger partial charge in [-0.3, -0.25) is 14.8 Å². The highest BCUT2D eigenvalue weighted by Crippen LogP contribution is 2.16. The number of amides is 1. The summed E-state index contributed by atoms with van der Waals surface area (Å²) in [7, 11) is 2.02. The number of nitrogens with one attached hydrogen (secondary N) is 1. The molecule has 0 spiro atoms. The molecule has 0 bridgehead atoms. The van der Waals surface area contributed by atoms with Crippen molar-refractivity contribution in [2.75, 3.05) is 23.8 Å². The zero-order chi connectivity index (χ0) is 19.1. The highest BCUT2D eigenvalue weighted by atomic mass is 16.1. The molecule has 2 aromatic heterocycles. The molecule has 0 aliphatic rings. The maximum atomic E-state index is 12.5. The predicted octanol–water partition coefficient (Wildman–Crippen LogP) is 3.97. The molecule has 0 unspecified atom stereocenters. The summed E-state index contributed by atoms with van der Waals surface area (Å²) >= 11 is 0. The fraction of sp³-hybridized carbons (Fsp3) is 0.227. The lowest BCUT2D eigenvalue weighted by Gasteiger charge is -2.19. The molecule has 0 radical (unpaired) electrons. The number of carbonyl (C=O) groups is 1. The van der Waals surface area contributed by atoms with Crippen molar-refractivity contribution < 1.29 is 4.79 Å². The van der Waals surface area contributed by atoms with Gasteiger partial charge in [-0.2, -0.15) is 0 Å². The third-order valence-corrected chi connectivity index (χ3v) is 4.52. The number of rotatable bonds is 7. The van der Waals surface area contributed by atoms with Gasteiger partial charge in [-0.25, -0.2) is 0 Å². The van der Waals surface area contributed by atoms with Crippen molar-refractivity contribution >= 4 is 17.3 Å². The SMILES string of the molecule is CCc1ccc(NC(=O)c2cc(N(C)CCc3ccncc3)ccn2)cc1. The van der Waals surface area contributed by atoms with Crippen molar-refractivity contribution in [2.45, 2.75) is 19.8 Å². The second-order valence-corrected chi connectivity index (χ2v) is 6.43. The lowest BCUT2D eigenvalue weighted by molar-refractivity contribution is 0.102. The van der Waals surface area contributed by atoms with Crippen LogP contribution in [0.15, 0.2) is 67.1 Å². The van der Waals surface area contributed by atoms with Crippen molar-refractivity contribution in [1.29, 1.82) is 0 Å². The predicted molar refractivity (Wildman–Crippen MR) is 109 cm³/mol. The van der Waals surface area contributed by atoms with E-state index < -0.39 is 0 Å². The Hall–Kier alpha value is -3.21. The number of pyridine rings is 2. The average molecular weight is 360 g/mol. The first-order valence-corrected chi connectivity index (χ1v) is 9.12. The quantitative estimate of drug-likeness (QED) is 0.693. The summed E-state index contributed by atoms with van der Waals surface area (Å²) in [5, 5.41) is 2.91. The highest BCUT2D eigenvalue weighted by Gasteiger charge is 2.10. The van der Waals surface area contributed by atoms with E-state index in [-0.39, 0.29) is 5.91 Å². The summed E-state index contributed by atoms with van der Waals surface area (Å²) in [6.07, 6.45) is 7.16. The largest absolute Gasteiger partial charge is 0.374 e. The fourth-order valence-electron chi connectivity index (χ4n) is 2.78. The number of aromatic nitrogens is 2. The van der Waals surface area contributed by atoms with Gasteiger partial charge in [-0.05, 0) is 60.4 Å². The minimum Gasteiger partial charge on any atom is -0.374 e. The molecule has 0 saturated carbocycles. The Labute approximate surface area is 160 Å². The van der Waals surface area contributed by atoms with Crippen LogP contribution in [0.25, 0.3) is 0 Å². The van der Waals surface area contributed by atoms with Crippen molar-refractivity contribution in [1.82, 2.24) is 9.97 Å². The van der Waals surface area contributed by atoms with Crippen LogP contribution in [0, 0.1) is 0 Å². The Balaban J connectivity index is 1.63. The smallest absolute Gasteiger partial charge is 0.274 e. The van der Waals surface area contributed by atoms with Gasteiger partial charge >= 0.3 is 0 Å². The van der Waals surface area contributed by atoms with Gasteiger partial charge in [0.15, 0.2) is 0 Å². The fourth-order valence-corrected chi connectivity index (χ4v) is 2.78. The molecule has 27 heavy (non-hydrogen) atoms. The van der Waals surface area contributed by atoms with Crippen LogP contribution in [0.4, 0.5) is 11.4 Å². The van der Waals surface area contributed by atoms with Crippen LogP contribution in [0.3, 0.4) is 0 Å².